The van der Waals surface area contributed by atoms with Crippen molar-refractivity contribution < 1.29 is 18.4 Å². The van der Waals surface area contributed by atoms with Crippen molar-refractivity contribution >= 4 is 17.3 Å². The second-order valence-corrected chi connectivity index (χ2v) is 11.3. The second-order valence-electron chi connectivity index (χ2n) is 11.3. The molecule has 218 valence electrons. The zero-order chi connectivity index (χ0) is 29.5. The topological polar surface area (TPSA) is 98.3 Å². The number of piperidine rings is 1. The minimum atomic E-state index is -0.712. The Bertz CT molecular complexity index is 1820. The number of ketones is 1. The normalized spacial score (nSPS) is 16.0. The van der Waals surface area contributed by atoms with Crippen LogP contribution < -0.4 is 0 Å². The molecule has 0 radical (unpaired) electrons. The van der Waals surface area contributed by atoms with Crippen LogP contribution in [0.2, 0.25) is 0 Å². The number of imidazole rings is 2. The molecule has 1 saturated carbocycles. The fraction of sp³-hybridized carbons (Fsp3) is 0.312. The molecule has 7 rings (SSSR count). The highest BCUT2D eigenvalue weighted by molar-refractivity contribution is 5.97. The zero-order valence-corrected chi connectivity index (χ0v) is 23.4. The number of pyridine rings is 1. The van der Waals surface area contributed by atoms with E-state index in [0.29, 0.717) is 35.8 Å². The van der Waals surface area contributed by atoms with Crippen molar-refractivity contribution in [2.24, 2.45) is 5.92 Å². The van der Waals surface area contributed by atoms with E-state index in [-0.39, 0.29) is 41.5 Å². The van der Waals surface area contributed by atoms with E-state index in [1.54, 1.807) is 29.2 Å². The van der Waals surface area contributed by atoms with E-state index < -0.39 is 5.95 Å². The molecule has 1 aliphatic carbocycles. The van der Waals surface area contributed by atoms with Crippen molar-refractivity contribution in [3.63, 3.8) is 0 Å². The molecule has 4 aromatic heterocycles. The summed E-state index contributed by atoms with van der Waals surface area (Å²) < 4.78 is 31.0. The Morgan fingerprint density at radius 3 is 2.44 bits per heavy atom. The van der Waals surface area contributed by atoms with E-state index in [1.165, 1.54) is 24.4 Å². The van der Waals surface area contributed by atoms with Crippen molar-refractivity contribution in [2.75, 3.05) is 13.1 Å². The number of carbonyl (C=O) groups excluding carboxylic acids is 2. The maximum absolute atomic E-state index is 13.8. The van der Waals surface area contributed by atoms with Crippen molar-refractivity contribution in [1.29, 1.82) is 0 Å². The number of halogens is 2. The first-order valence-electron chi connectivity index (χ1n) is 14.5. The number of rotatable bonds is 7. The monoisotopic (exact) mass is 581 g/mol. The third-order valence-corrected chi connectivity index (χ3v) is 8.54. The molecule has 1 aliphatic heterocycles. The van der Waals surface area contributed by atoms with Gasteiger partial charge < -0.3 is 9.47 Å². The van der Waals surface area contributed by atoms with Crippen LogP contribution in [0.5, 0.6) is 0 Å². The number of nitrogens with zero attached hydrogens (tertiary/aromatic N) is 7. The lowest BCUT2D eigenvalue weighted by Crippen LogP contribution is -2.43. The van der Waals surface area contributed by atoms with E-state index in [1.807, 2.05) is 17.0 Å². The molecule has 9 nitrogen and oxygen atoms in total. The molecule has 0 bridgehead atoms. The lowest BCUT2D eigenvalue weighted by molar-refractivity contribution is -0.139. The number of hydrogen-bond donors (Lipinski definition) is 0. The van der Waals surface area contributed by atoms with Crippen LogP contribution in [-0.4, -0.2) is 58.8 Å². The first kappa shape index (κ1) is 27.1. The van der Waals surface area contributed by atoms with Crippen LogP contribution in [0, 0.1) is 17.7 Å². The highest BCUT2D eigenvalue weighted by Gasteiger charge is 2.33. The Morgan fingerprint density at radius 1 is 0.930 bits per heavy atom. The standard InChI is InChI=1S/C32H29F2N7O2/c33-23-6-4-20(5-7-23)30-31(40(19-36-30)25-11-14-39(15-12-25)32(43)21-2-1-3-21)26-8-9-29-37-24(18-41(29)38-26)17-27(42)22-10-13-35-28(34)16-22/h4-10,13,16,18-19,21,25H,1-3,11-12,14-15,17H2. The van der Waals surface area contributed by atoms with Crippen LogP contribution in [0.1, 0.15) is 54.2 Å². The van der Waals surface area contributed by atoms with Gasteiger partial charge in [0.2, 0.25) is 11.9 Å². The average Bonchev–Trinajstić information content (AvgIpc) is 3.60. The molecule has 11 heteroatoms. The summed E-state index contributed by atoms with van der Waals surface area (Å²) in [7, 11) is 0. The summed E-state index contributed by atoms with van der Waals surface area (Å²) in [4.78, 5) is 40.4. The van der Waals surface area contributed by atoms with Crippen molar-refractivity contribution in [3.8, 4) is 22.6 Å². The number of amides is 1. The van der Waals surface area contributed by atoms with Gasteiger partial charge in [-0.25, -0.2) is 23.9 Å². The Labute approximate surface area is 246 Å². The molecule has 1 amide bonds. The molecule has 0 unspecified atom stereocenters. The number of Topliss-reactive ketones (excluding diaryl/α,β-unsaturated/α-hetero) is 1. The third kappa shape index (κ3) is 5.31. The van der Waals surface area contributed by atoms with E-state index in [2.05, 4.69) is 14.5 Å². The highest BCUT2D eigenvalue weighted by atomic mass is 19.1. The van der Waals surface area contributed by atoms with Crippen LogP contribution in [-0.2, 0) is 11.2 Å². The Balaban J connectivity index is 1.20. The van der Waals surface area contributed by atoms with E-state index in [9.17, 15) is 18.4 Å². The summed E-state index contributed by atoms with van der Waals surface area (Å²) in [5, 5.41) is 4.85. The fourth-order valence-electron chi connectivity index (χ4n) is 5.97. The Morgan fingerprint density at radius 2 is 1.72 bits per heavy atom. The van der Waals surface area contributed by atoms with Crippen LogP contribution in [0.4, 0.5) is 8.78 Å². The van der Waals surface area contributed by atoms with Crippen LogP contribution in [0.15, 0.2) is 67.3 Å². The van der Waals surface area contributed by atoms with Gasteiger partial charge in [-0.2, -0.15) is 9.49 Å². The van der Waals surface area contributed by atoms with Gasteiger partial charge in [-0.15, -0.1) is 0 Å². The largest absolute Gasteiger partial charge is 0.342 e. The molecule has 2 aliphatic rings. The van der Waals surface area contributed by atoms with Crippen molar-refractivity contribution in [1.82, 2.24) is 34.0 Å². The smallest absolute Gasteiger partial charge is 0.225 e. The summed E-state index contributed by atoms with van der Waals surface area (Å²) in [5.74, 6) is -0.858. The number of fused-ring (bicyclic) bond motifs is 1. The first-order valence-corrected chi connectivity index (χ1v) is 14.5. The zero-order valence-electron chi connectivity index (χ0n) is 23.4. The quantitative estimate of drug-likeness (QED) is 0.191. The lowest BCUT2D eigenvalue weighted by Gasteiger charge is -2.37. The number of hydrogen-bond acceptors (Lipinski definition) is 6. The fourth-order valence-corrected chi connectivity index (χ4v) is 5.97. The van der Waals surface area contributed by atoms with Crippen LogP contribution >= 0.6 is 0 Å². The average molecular weight is 582 g/mol. The number of likely N-dealkylation sites (tertiary alicyclic amines) is 1. The first-order chi connectivity index (χ1) is 20.9. The van der Waals surface area contributed by atoms with Gasteiger partial charge in [-0.1, -0.05) is 6.42 Å². The summed E-state index contributed by atoms with van der Waals surface area (Å²) in [5.41, 5.74) is 4.16. The number of benzene rings is 1. The number of carbonyl (C=O) groups is 2. The maximum Gasteiger partial charge on any atom is 0.225 e. The van der Waals surface area contributed by atoms with Gasteiger partial charge in [-0.3, -0.25) is 9.59 Å². The van der Waals surface area contributed by atoms with Gasteiger partial charge >= 0.3 is 0 Å². The predicted octanol–water partition coefficient (Wildman–Crippen LogP) is 5.32. The molecule has 0 spiro atoms. The molecule has 43 heavy (non-hydrogen) atoms. The summed E-state index contributed by atoms with van der Waals surface area (Å²) in [6.07, 6.45) is 9.44. The van der Waals surface area contributed by atoms with Crippen LogP contribution in [0.25, 0.3) is 28.3 Å². The van der Waals surface area contributed by atoms with Crippen molar-refractivity contribution in [2.45, 2.75) is 44.6 Å². The summed E-state index contributed by atoms with van der Waals surface area (Å²) in [6.45, 7) is 1.38. The molecule has 5 aromatic rings. The van der Waals surface area contributed by atoms with Gasteiger partial charge in [0.1, 0.15) is 11.5 Å². The number of aromatic nitrogens is 6. The molecule has 2 fully saturated rings. The molecular formula is C32H29F2N7O2. The molecule has 1 saturated heterocycles. The highest BCUT2D eigenvalue weighted by Crippen LogP contribution is 2.36. The molecule has 5 heterocycles. The van der Waals surface area contributed by atoms with Gasteiger partial charge in [0.05, 0.1) is 36.0 Å². The minimum absolute atomic E-state index is 0.0148. The SMILES string of the molecule is O=C(Cc1cn2nc(-c3c(-c4ccc(F)cc4)ncn3C3CCN(C(=O)C4CCC4)CC3)ccc2n1)c1ccnc(F)c1. The predicted molar refractivity (Wildman–Crippen MR) is 154 cm³/mol. The van der Waals surface area contributed by atoms with E-state index in [4.69, 9.17) is 10.1 Å². The Kier molecular flexibility index (Phi) is 7.00. The van der Waals surface area contributed by atoms with Crippen LogP contribution in [0.3, 0.4) is 0 Å². The van der Waals surface area contributed by atoms with Gasteiger partial charge in [-0.05, 0) is 68.1 Å². The van der Waals surface area contributed by atoms with Gasteiger partial charge in [0.25, 0.3) is 0 Å². The maximum atomic E-state index is 13.8. The van der Waals surface area contributed by atoms with Crippen molar-refractivity contribution in [3.05, 3.63) is 90.3 Å². The molecule has 0 N–H and O–H groups in total. The molecular weight excluding hydrogens is 552 g/mol. The second kappa shape index (κ2) is 11.1. The van der Waals surface area contributed by atoms with E-state index >= 15 is 0 Å². The molecule has 0 atom stereocenters. The summed E-state index contributed by atoms with van der Waals surface area (Å²) in [6, 6.07) is 12.6. The summed E-state index contributed by atoms with van der Waals surface area (Å²) >= 11 is 0. The third-order valence-electron chi connectivity index (χ3n) is 8.54. The van der Waals surface area contributed by atoms with Gasteiger partial charge in [0.15, 0.2) is 11.4 Å². The van der Waals surface area contributed by atoms with Gasteiger partial charge in [0, 0.05) is 48.4 Å². The Hall–Kier alpha value is -4.80. The van der Waals surface area contributed by atoms with E-state index in [0.717, 1.165) is 49.4 Å². The lowest BCUT2D eigenvalue weighted by atomic mass is 9.84. The minimum Gasteiger partial charge on any atom is -0.342 e. The molecule has 1 aromatic carbocycles.